The number of ether oxygens (including phenoxy) is 4. The molecule has 0 saturated carbocycles. The summed E-state index contributed by atoms with van der Waals surface area (Å²) >= 11 is 0. The summed E-state index contributed by atoms with van der Waals surface area (Å²) in [7, 11) is 0. The van der Waals surface area contributed by atoms with E-state index in [0.29, 0.717) is 6.61 Å². The number of hydrogen-bond donors (Lipinski definition) is 1. The molecule has 2 saturated heterocycles. The SMILES string of the molecule is CC1(C)O[C@H]2O[C@H]([C@@H](O)COCc3ccccc3)[C@@H](N=[N+]=[N-])[C@H]2O1. The van der Waals surface area contributed by atoms with Gasteiger partial charge in [-0.05, 0) is 24.9 Å². The van der Waals surface area contributed by atoms with Crippen molar-refractivity contribution in [2.45, 2.75) is 56.9 Å². The van der Waals surface area contributed by atoms with E-state index in [4.69, 9.17) is 24.5 Å². The highest BCUT2D eigenvalue weighted by molar-refractivity contribution is 5.13. The molecule has 0 spiro atoms. The largest absolute Gasteiger partial charge is 0.388 e. The van der Waals surface area contributed by atoms with Crippen LogP contribution in [-0.4, -0.2) is 48.1 Å². The minimum atomic E-state index is -0.954. The maximum absolute atomic E-state index is 10.4. The number of benzene rings is 1. The Balaban J connectivity index is 1.58. The molecule has 8 nitrogen and oxygen atoms in total. The van der Waals surface area contributed by atoms with E-state index in [1.807, 2.05) is 30.3 Å². The van der Waals surface area contributed by atoms with Gasteiger partial charge >= 0.3 is 0 Å². The Bertz CT molecular complexity index is 605. The zero-order valence-corrected chi connectivity index (χ0v) is 13.6. The Labute approximate surface area is 139 Å². The highest BCUT2D eigenvalue weighted by Gasteiger charge is 2.56. The van der Waals surface area contributed by atoms with Crippen molar-refractivity contribution in [3.8, 4) is 0 Å². The molecule has 1 aromatic rings. The normalized spacial score (nSPS) is 32.1. The van der Waals surface area contributed by atoms with Crippen LogP contribution in [0.5, 0.6) is 0 Å². The van der Waals surface area contributed by atoms with Crippen molar-refractivity contribution >= 4 is 0 Å². The van der Waals surface area contributed by atoms with Crippen LogP contribution in [0, 0.1) is 0 Å². The van der Waals surface area contributed by atoms with Crippen LogP contribution in [-0.2, 0) is 25.6 Å². The molecule has 2 aliphatic heterocycles. The highest BCUT2D eigenvalue weighted by Crippen LogP contribution is 2.39. The first-order valence-corrected chi connectivity index (χ1v) is 7.85. The van der Waals surface area contributed by atoms with E-state index in [0.717, 1.165) is 5.56 Å². The van der Waals surface area contributed by atoms with E-state index >= 15 is 0 Å². The van der Waals surface area contributed by atoms with Gasteiger partial charge in [0.15, 0.2) is 12.1 Å². The van der Waals surface area contributed by atoms with Gasteiger partial charge in [-0.15, -0.1) is 0 Å². The number of fused-ring (bicyclic) bond motifs is 1. The van der Waals surface area contributed by atoms with Gasteiger partial charge in [-0.2, -0.15) is 0 Å². The molecule has 2 aliphatic rings. The molecule has 0 aromatic heterocycles. The fraction of sp³-hybridized carbons (Fsp3) is 0.625. The van der Waals surface area contributed by atoms with Crippen LogP contribution in [0.2, 0.25) is 0 Å². The third kappa shape index (κ3) is 3.70. The van der Waals surface area contributed by atoms with E-state index in [2.05, 4.69) is 10.0 Å². The number of rotatable bonds is 6. The lowest BCUT2D eigenvalue weighted by atomic mass is 10.0. The molecular weight excluding hydrogens is 314 g/mol. The third-order valence-corrected chi connectivity index (χ3v) is 4.02. The van der Waals surface area contributed by atoms with Gasteiger partial charge in [0.05, 0.1) is 19.3 Å². The average molecular weight is 335 g/mol. The Morgan fingerprint density at radius 3 is 2.79 bits per heavy atom. The molecule has 1 N–H and O–H groups in total. The lowest BCUT2D eigenvalue weighted by Crippen LogP contribution is -2.41. The molecule has 2 fully saturated rings. The van der Waals surface area contributed by atoms with Crippen molar-refractivity contribution in [2.75, 3.05) is 6.61 Å². The maximum atomic E-state index is 10.4. The lowest BCUT2D eigenvalue weighted by Gasteiger charge is -2.26. The Morgan fingerprint density at radius 1 is 1.33 bits per heavy atom. The van der Waals surface area contributed by atoms with E-state index in [-0.39, 0.29) is 6.61 Å². The van der Waals surface area contributed by atoms with Crippen LogP contribution >= 0.6 is 0 Å². The molecule has 0 radical (unpaired) electrons. The number of aliphatic hydroxyl groups is 1. The van der Waals surface area contributed by atoms with Crippen molar-refractivity contribution in [3.63, 3.8) is 0 Å². The molecule has 0 bridgehead atoms. The van der Waals surface area contributed by atoms with Gasteiger partial charge in [0.25, 0.3) is 0 Å². The summed E-state index contributed by atoms with van der Waals surface area (Å²) in [5.41, 5.74) is 9.80. The zero-order chi connectivity index (χ0) is 17.2. The molecule has 0 unspecified atom stereocenters. The summed E-state index contributed by atoms with van der Waals surface area (Å²) in [4.78, 5) is 2.84. The molecule has 130 valence electrons. The van der Waals surface area contributed by atoms with Gasteiger partial charge in [-0.1, -0.05) is 35.4 Å². The van der Waals surface area contributed by atoms with Crippen LogP contribution in [0.4, 0.5) is 0 Å². The first kappa shape index (κ1) is 17.2. The standard InChI is InChI=1S/C16H21N3O5/c1-16(2)23-14-12(18-19-17)13(22-15(14)24-16)11(20)9-21-8-10-6-4-3-5-7-10/h3-7,11-15,20H,8-9H2,1-2H3/t11-,12+,13+,14+,15+/m0/s1. The second-order valence-electron chi connectivity index (χ2n) is 6.33. The zero-order valence-electron chi connectivity index (χ0n) is 13.6. The molecule has 24 heavy (non-hydrogen) atoms. The molecule has 1 aromatic carbocycles. The molecular formula is C16H21N3O5. The van der Waals surface area contributed by atoms with Gasteiger partial charge < -0.3 is 24.1 Å². The van der Waals surface area contributed by atoms with Crippen LogP contribution in [0.1, 0.15) is 19.4 Å². The van der Waals surface area contributed by atoms with Crippen molar-refractivity contribution < 1.29 is 24.1 Å². The van der Waals surface area contributed by atoms with Crippen LogP contribution < -0.4 is 0 Å². The minimum Gasteiger partial charge on any atom is -0.388 e. The number of nitrogens with zero attached hydrogens (tertiary/aromatic N) is 3. The van der Waals surface area contributed by atoms with Gasteiger partial charge in [0, 0.05) is 4.91 Å². The maximum Gasteiger partial charge on any atom is 0.188 e. The molecule has 2 heterocycles. The highest BCUT2D eigenvalue weighted by atomic mass is 16.8. The second kappa shape index (κ2) is 7.06. The van der Waals surface area contributed by atoms with Gasteiger partial charge in [0.2, 0.25) is 0 Å². The number of aliphatic hydroxyl groups excluding tert-OH is 1. The lowest BCUT2D eigenvalue weighted by molar-refractivity contribution is -0.218. The van der Waals surface area contributed by atoms with Gasteiger partial charge in [-0.3, -0.25) is 0 Å². The summed E-state index contributed by atoms with van der Waals surface area (Å²) in [5.74, 6) is -0.807. The molecule has 0 aliphatic carbocycles. The first-order chi connectivity index (χ1) is 11.5. The minimum absolute atomic E-state index is 0.0554. The van der Waals surface area contributed by atoms with Gasteiger partial charge in [-0.25, -0.2) is 0 Å². The monoisotopic (exact) mass is 335 g/mol. The Kier molecular flexibility index (Phi) is 5.05. The smallest absolute Gasteiger partial charge is 0.188 e. The summed E-state index contributed by atoms with van der Waals surface area (Å²) in [6, 6.07) is 8.98. The summed E-state index contributed by atoms with van der Waals surface area (Å²) < 4.78 is 22.6. The van der Waals surface area contributed by atoms with Crippen molar-refractivity contribution in [3.05, 3.63) is 46.3 Å². The summed E-state index contributed by atoms with van der Waals surface area (Å²) in [6.45, 7) is 3.95. The van der Waals surface area contributed by atoms with Crippen LogP contribution in [0.25, 0.3) is 10.4 Å². The summed E-state index contributed by atoms with van der Waals surface area (Å²) in [5, 5.41) is 14.1. The Hall–Kier alpha value is -1.67. The second-order valence-corrected chi connectivity index (χ2v) is 6.33. The molecule has 8 heteroatoms. The predicted molar refractivity (Wildman–Crippen MR) is 83.7 cm³/mol. The fourth-order valence-electron chi connectivity index (χ4n) is 2.99. The molecule has 5 atom stereocenters. The first-order valence-electron chi connectivity index (χ1n) is 7.85. The number of azide groups is 1. The molecule has 0 amide bonds. The van der Waals surface area contributed by atoms with Crippen molar-refractivity contribution in [1.82, 2.24) is 0 Å². The predicted octanol–water partition coefficient (Wildman–Crippen LogP) is 2.12. The van der Waals surface area contributed by atoms with Crippen molar-refractivity contribution in [1.29, 1.82) is 0 Å². The van der Waals surface area contributed by atoms with E-state index in [9.17, 15) is 5.11 Å². The van der Waals surface area contributed by atoms with E-state index in [1.165, 1.54) is 0 Å². The third-order valence-electron chi connectivity index (χ3n) is 4.02. The Morgan fingerprint density at radius 2 is 2.08 bits per heavy atom. The summed E-state index contributed by atoms with van der Waals surface area (Å²) in [6.07, 6.45) is -2.89. The topological polar surface area (TPSA) is 106 Å². The van der Waals surface area contributed by atoms with Crippen LogP contribution in [0.3, 0.4) is 0 Å². The number of hydrogen-bond acceptors (Lipinski definition) is 6. The molecule has 3 rings (SSSR count). The fourth-order valence-corrected chi connectivity index (χ4v) is 2.99. The quantitative estimate of drug-likeness (QED) is 0.487. The average Bonchev–Trinajstić information content (AvgIpc) is 3.02. The van der Waals surface area contributed by atoms with Crippen LogP contribution in [0.15, 0.2) is 35.4 Å². The van der Waals surface area contributed by atoms with Crippen molar-refractivity contribution in [2.24, 2.45) is 5.11 Å². The van der Waals surface area contributed by atoms with E-state index < -0.39 is 36.4 Å². The van der Waals surface area contributed by atoms with Gasteiger partial charge in [0.1, 0.15) is 18.3 Å². The van der Waals surface area contributed by atoms with E-state index in [1.54, 1.807) is 13.8 Å².